The van der Waals surface area contributed by atoms with E-state index in [4.69, 9.17) is 10.00 Å². The zero-order chi connectivity index (χ0) is 30.0. The smallest absolute Gasteiger partial charge is 0.410 e. The molecule has 0 aliphatic heterocycles. The van der Waals surface area contributed by atoms with Gasteiger partial charge in [-0.3, -0.25) is 9.69 Å². The van der Waals surface area contributed by atoms with Crippen LogP contribution in [0.15, 0.2) is 30.5 Å². The van der Waals surface area contributed by atoms with E-state index in [-0.39, 0.29) is 17.9 Å². The number of rotatable bonds is 8. The minimum atomic E-state index is -0.655. The third kappa shape index (κ3) is 9.68. The largest absolute Gasteiger partial charge is 0.444 e. The number of ether oxygens (including phenoxy) is 1. The van der Waals surface area contributed by atoms with Gasteiger partial charge in [0.1, 0.15) is 17.5 Å². The number of hydrogen-bond acceptors (Lipinski definition) is 8. The van der Waals surface area contributed by atoms with Crippen molar-refractivity contribution in [1.82, 2.24) is 20.2 Å². The molecule has 3 atom stereocenters. The van der Waals surface area contributed by atoms with E-state index in [2.05, 4.69) is 50.8 Å². The van der Waals surface area contributed by atoms with Gasteiger partial charge in [0.2, 0.25) is 11.9 Å². The number of nitriles is 1. The van der Waals surface area contributed by atoms with E-state index in [0.717, 1.165) is 44.3 Å². The molecule has 2 amide bonds. The Labute approximate surface area is 243 Å². The van der Waals surface area contributed by atoms with Gasteiger partial charge in [-0.05, 0) is 77.6 Å². The highest BCUT2D eigenvalue weighted by atomic mass is 16.6. The summed E-state index contributed by atoms with van der Waals surface area (Å²) in [7, 11) is 1.57. The van der Waals surface area contributed by atoms with E-state index in [1.807, 2.05) is 12.1 Å². The van der Waals surface area contributed by atoms with Gasteiger partial charge in [-0.25, -0.2) is 9.78 Å². The molecule has 0 unspecified atom stereocenters. The van der Waals surface area contributed by atoms with Gasteiger partial charge in [0, 0.05) is 31.2 Å². The maximum Gasteiger partial charge on any atom is 0.410 e. The van der Waals surface area contributed by atoms with E-state index in [1.54, 1.807) is 53.1 Å². The number of carbonyl (C=O) groups excluding carboxylic acids is 2. The molecule has 0 spiro atoms. The molecule has 2 aromatic rings. The van der Waals surface area contributed by atoms with Crippen LogP contribution in [0.1, 0.15) is 77.8 Å². The summed E-state index contributed by atoms with van der Waals surface area (Å²) in [5.74, 6) is 7.65. The minimum Gasteiger partial charge on any atom is -0.444 e. The van der Waals surface area contributed by atoms with Gasteiger partial charge in [0.05, 0.1) is 23.4 Å². The third-order valence-electron chi connectivity index (χ3n) is 6.67. The molecular formula is C31H41N7O3. The first-order valence-corrected chi connectivity index (χ1v) is 14.1. The van der Waals surface area contributed by atoms with Crippen molar-refractivity contribution in [2.45, 2.75) is 84.4 Å². The maximum atomic E-state index is 12.9. The highest BCUT2D eigenvalue weighted by Gasteiger charge is 2.29. The molecule has 0 saturated heterocycles. The number of amides is 2. The van der Waals surface area contributed by atoms with Gasteiger partial charge in [0.15, 0.2) is 0 Å². The first-order valence-electron chi connectivity index (χ1n) is 14.1. The normalized spacial score (nSPS) is 17.2. The first kappa shape index (κ1) is 31.2. The van der Waals surface area contributed by atoms with Gasteiger partial charge in [-0.2, -0.15) is 10.2 Å². The Morgan fingerprint density at radius 3 is 2.61 bits per heavy atom. The summed E-state index contributed by atoms with van der Waals surface area (Å²) in [6.07, 6.45) is 5.62. The Kier molecular flexibility index (Phi) is 10.9. The second-order valence-corrected chi connectivity index (χ2v) is 11.3. The molecule has 218 valence electrons. The van der Waals surface area contributed by atoms with Crippen LogP contribution < -0.4 is 16.0 Å². The van der Waals surface area contributed by atoms with Crippen molar-refractivity contribution < 1.29 is 14.3 Å². The van der Waals surface area contributed by atoms with Crippen molar-refractivity contribution in [3.8, 4) is 17.9 Å². The SMILES string of the molecule is CCCNc1nc(Nc2ccc(C#N)cc2)ncc1C#C[C@@H]1CCC[C@H](NC(=O)[C@H](C)N(C)C(=O)OC(C)(C)C)C1. The van der Waals surface area contributed by atoms with Crippen LogP contribution in [-0.2, 0) is 9.53 Å². The molecule has 1 aliphatic carbocycles. The predicted octanol–water partition coefficient (Wildman–Crippen LogP) is 5.20. The molecule has 41 heavy (non-hydrogen) atoms. The van der Waals surface area contributed by atoms with Crippen LogP contribution in [0.3, 0.4) is 0 Å². The van der Waals surface area contributed by atoms with Gasteiger partial charge < -0.3 is 20.7 Å². The number of benzene rings is 1. The fourth-order valence-electron chi connectivity index (χ4n) is 4.29. The number of likely N-dealkylation sites (N-methyl/N-ethyl adjacent to an activating group) is 1. The average Bonchev–Trinajstić information content (AvgIpc) is 2.94. The molecular weight excluding hydrogens is 518 g/mol. The average molecular weight is 560 g/mol. The van der Waals surface area contributed by atoms with Gasteiger partial charge >= 0.3 is 6.09 Å². The summed E-state index contributed by atoms with van der Waals surface area (Å²) < 4.78 is 5.39. The molecule has 10 heteroatoms. The second kappa shape index (κ2) is 14.4. The molecule has 1 saturated carbocycles. The Bertz CT molecular complexity index is 1300. The van der Waals surface area contributed by atoms with Crippen molar-refractivity contribution >= 4 is 29.5 Å². The molecule has 10 nitrogen and oxygen atoms in total. The summed E-state index contributed by atoms with van der Waals surface area (Å²) in [5.41, 5.74) is 1.45. The number of carbonyl (C=O) groups is 2. The number of nitrogens with one attached hydrogen (secondary N) is 3. The molecule has 1 aliphatic rings. The quantitative estimate of drug-likeness (QED) is 0.376. The van der Waals surface area contributed by atoms with Crippen molar-refractivity contribution in [3.63, 3.8) is 0 Å². The summed E-state index contributed by atoms with van der Waals surface area (Å²) in [6, 6.07) is 8.52. The van der Waals surface area contributed by atoms with Crippen LogP contribution in [0.5, 0.6) is 0 Å². The molecule has 1 aromatic heterocycles. The van der Waals surface area contributed by atoms with Crippen LogP contribution in [0.4, 0.5) is 22.2 Å². The fourth-order valence-corrected chi connectivity index (χ4v) is 4.29. The summed E-state index contributed by atoms with van der Waals surface area (Å²) in [4.78, 5) is 35.7. The van der Waals surface area contributed by atoms with Crippen LogP contribution in [0.2, 0.25) is 0 Å². The van der Waals surface area contributed by atoms with Crippen molar-refractivity contribution in [1.29, 1.82) is 5.26 Å². The molecule has 1 heterocycles. The summed E-state index contributed by atoms with van der Waals surface area (Å²) >= 11 is 0. The zero-order valence-corrected chi connectivity index (χ0v) is 24.9. The highest BCUT2D eigenvalue weighted by Crippen LogP contribution is 2.25. The van der Waals surface area contributed by atoms with Crippen LogP contribution >= 0.6 is 0 Å². The van der Waals surface area contributed by atoms with Crippen molar-refractivity contribution in [2.75, 3.05) is 24.2 Å². The van der Waals surface area contributed by atoms with Crippen LogP contribution in [0.25, 0.3) is 0 Å². The van der Waals surface area contributed by atoms with E-state index < -0.39 is 17.7 Å². The summed E-state index contributed by atoms with van der Waals surface area (Å²) in [5, 5.41) is 18.6. The van der Waals surface area contributed by atoms with Crippen molar-refractivity contribution in [2.24, 2.45) is 5.92 Å². The summed E-state index contributed by atoms with van der Waals surface area (Å²) in [6.45, 7) is 9.91. The predicted molar refractivity (Wildman–Crippen MR) is 159 cm³/mol. The topological polar surface area (TPSA) is 132 Å². The number of anilines is 3. The Morgan fingerprint density at radius 1 is 1.22 bits per heavy atom. The molecule has 0 bridgehead atoms. The van der Waals surface area contributed by atoms with E-state index in [1.165, 1.54) is 4.90 Å². The van der Waals surface area contributed by atoms with Crippen LogP contribution in [0, 0.1) is 29.1 Å². The lowest BCUT2D eigenvalue weighted by molar-refractivity contribution is -0.126. The highest BCUT2D eigenvalue weighted by molar-refractivity contribution is 5.85. The fraction of sp³-hybridized carbons (Fsp3) is 0.516. The lowest BCUT2D eigenvalue weighted by Gasteiger charge is -2.31. The van der Waals surface area contributed by atoms with Gasteiger partial charge in [-0.1, -0.05) is 25.2 Å². The van der Waals surface area contributed by atoms with Crippen LogP contribution in [-0.4, -0.2) is 58.1 Å². The number of aromatic nitrogens is 2. The van der Waals surface area contributed by atoms with Gasteiger partial charge in [-0.15, -0.1) is 0 Å². The number of nitrogens with zero attached hydrogens (tertiary/aromatic N) is 4. The number of hydrogen-bond donors (Lipinski definition) is 3. The lowest BCUT2D eigenvalue weighted by Crippen LogP contribution is -2.50. The Morgan fingerprint density at radius 2 is 1.95 bits per heavy atom. The van der Waals surface area contributed by atoms with Gasteiger partial charge in [0.25, 0.3) is 0 Å². The minimum absolute atomic E-state index is 0.0158. The molecule has 3 N–H and O–H groups in total. The maximum absolute atomic E-state index is 12.9. The molecule has 1 fully saturated rings. The standard InChI is InChI=1S/C31H41N7O3/c1-7-17-33-27-24(20-34-29(37-27)36-25-15-12-23(19-32)13-16-25)14-11-22-9-8-10-26(18-22)35-28(39)21(2)38(6)30(40)41-31(3,4)5/h12-13,15-16,20-22,26H,7-10,17-18H2,1-6H3,(H,35,39)(H2,33,34,36,37)/t21-,22-,26-/m0/s1. The second-order valence-electron chi connectivity index (χ2n) is 11.3. The Hall–Kier alpha value is -4.31. The van der Waals surface area contributed by atoms with E-state index >= 15 is 0 Å². The van der Waals surface area contributed by atoms with E-state index in [0.29, 0.717) is 22.9 Å². The zero-order valence-electron chi connectivity index (χ0n) is 24.9. The van der Waals surface area contributed by atoms with E-state index in [9.17, 15) is 9.59 Å². The first-order chi connectivity index (χ1) is 19.5. The molecule has 0 radical (unpaired) electrons. The van der Waals surface area contributed by atoms with Crippen molar-refractivity contribution in [3.05, 3.63) is 41.6 Å². The monoisotopic (exact) mass is 559 g/mol. The third-order valence-corrected chi connectivity index (χ3v) is 6.67. The lowest BCUT2D eigenvalue weighted by atomic mass is 9.86. The Balaban J connectivity index is 1.64. The molecule has 3 rings (SSSR count). The molecule has 1 aromatic carbocycles.